The van der Waals surface area contributed by atoms with Gasteiger partial charge in [-0.15, -0.1) is 0 Å². The van der Waals surface area contributed by atoms with Crippen molar-refractivity contribution < 1.29 is 14.9 Å². The van der Waals surface area contributed by atoms with Crippen LogP contribution in [0.15, 0.2) is 27.8 Å². The van der Waals surface area contributed by atoms with Crippen LogP contribution in [-0.4, -0.2) is 39.7 Å². The third-order valence-corrected chi connectivity index (χ3v) is 3.57. The predicted octanol–water partition coefficient (Wildman–Crippen LogP) is 2.42. The molecule has 0 atom stereocenters. The summed E-state index contributed by atoms with van der Waals surface area (Å²) < 4.78 is 0.490. The van der Waals surface area contributed by atoms with Crippen molar-refractivity contribution in [1.29, 1.82) is 0 Å². The van der Waals surface area contributed by atoms with E-state index >= 15 is 0 Å². The van der Waals surface area contributed by atoms with E-state index in [2.05, 4.69) is 21.1 Å². The number of nitro benzene ring substituents is 1. The number of non-ortho nitro benzene ring substituents is 1. The zero-order chi connectivity index (χ0) is 14.7. The van der Waals surface area contributed by atoms with Crippen molar-refractivity contribution in [2.24, 2.45) is 5.16 Å². The number of halogens is 1. The van der Waals surface area contributed by atoms with Gasteiger partial charge in [0.05, 0.1) is 10.6 Å². The maximum absolute atomic E-state index is 12.3. The van der Waals surface area contributed by atoms with Gasteiger partial charge in [-0.1, -0.05) is 21.1 Å². The number of hydrogen-bond donors (Lipinski definition) is 1. The Bertz CT molecular complexity index is 578. The van der Waals surface area contributed by atoms with Crippen LogP contribution in [0.2, 0.25) is 0 Å². The minimum atomic E-state index is -0.533. The number of hydrogen-bond acceptors (Lipinski definition) is 5. The lowest BCUT2D eigenvalue weighted by Gasteiger charge is -2.27. The monoisotopic (exact) mass is 341 g/mol. The Morgan fingerprint density at radius 2 is 2.00 bits per heavy atom. The number of benzene rings is 1. The number of piperidine rings is 1. The second-order valence-electron chi connectivity index (χ2n) is 4.41. The van der Waals surface area contributed by atoms with Gasteiger partial charge in [-0.25, -0.2) is 0 Å². The van der Waals surface area contributed by atoms with Crippen molar-refractivity contribution in [1.82, 2.24) is 4.90 Å². The second-order valence-corrected chi connectivity index (χ2v) is 5.33. The Morgan fingerprint density at radius 1 is 1.35 bits per heavy atom. The molecule has 0 radical (unpaired) electrons. The fraction of sp³-hybridized carbons (Fsp3) is 0.333. The molecule has 0 spiro atoms. The minimum absolute atomic E-state index is 0.127. The summed E-state index contributed by atoms with van der Waals surface area (Å²) >= 11 is 3.17. The third kappa shape index (κ3) is 3.13. The summed E-state index contributed by atoms with van der Waals surface area (Å²) in [5, 5.41) is 22.6. The molecular formula is C12H12BrN3O4. The first-order chi connectivity index (χ1) is 9.51. The van der Waals surface area contributed by atoms with Gasteiger partial charge >= 0.3 is 0 Å². The first kappa shape index (κ1) is 14.4. The first-order valence-electron chi connectivity index (χ1n) is 5.95. The number of rotatable bonds is 2. The van der Waals surface area contributed by atoms with Crippen molar-refractivity contribution in [3.05, 3.63) is 38.3 Å². The molecule has 8 heteroatoms. The first-order valence-corrected chi connectivity index (χ1v) is 6.74. The molecule has 1 aromatic carbocycles. The van der Waals surface area contributed by atoms with Gasteiger partial charge in [-0.05, 0) is 6.07 Å². The van der Waals surface area contributed by atoms with Gasteiger partial charge in [-0.2, -0.15) is 0 Å². The molecule has 1 saturated heterocycles. The smallest absolute Gasteiger partial charge is 0.271 e. The SMILES string of the molecule is O=C(c1cc(Br)cc([N+](=O)[O-])c1)N1CCC(=NO)CC1. The molecule has 1 fully saturated rings. The normalized spacial score (nSPS) is 15.1. The van der Waals surface area contributed by atoms with Crippen molar-refractivity contribution >= 4 is 33.2 Å². The van der Waals surface area contributed by atoms with E-state index in [0.29, 0.717) is 36.1 Å². The number of carbonyl (C=O) groups is 1. The molecule has 1 aliphatic heterocycles. The number of carbonyl (C=O) groups excluding carboxylic acids is 1. The summed E-state index contributed by atoms with van der Waals surface area (Å²) in [7, 11) is 0. The van der Waals surface area contributed by atoms with E-state index < -0.39 is 4.92 Å². The fourth-order valence-corrected chi connectivity index (χ4v) is 2.53. The molecule has 106 valence electrons. The van der Waals surface area contributed by atoms with E-state index in [9.17, 15) is 14.9 Å². The van der Waals surface area contributed by atoms with E-state index in [0.717, 1.165) is 0 Å². The predicted molar refractivity (Wildman–Crippen MR) is 75.2 cm³/mol. The van der Waals surface area contributed by atoms with E-state index in [-0.39, 0.29) is 17.2 Å². The largest absolute Gasteiger partial charge is 0.411 e. The van der Waals surface area contributed by atoms with Crippen LogP contribution >= 0.6 is 15.9 Å². The van der Waals surface area contributed by atoms with Gasteiger partial charge in [0, 0.05) is 48.1 Å². The molecule has 0 unspecified atom stereocenters. The summed E-state index contributed by atoms with van der Waals surface area (Å²) in [6.45, 7) is 0.886. The molecule has 1 aliphatic rings. The molecule has 7 nitrogen and oxygen atoms in total. The Hall–Kier alpha value is -1.96. The highest BCUT2D eigenvalue weighted by Crippen LogP contribution is 2.23. The van der Waals surface area contributed by atoms with Gasteiger partial charge < -0.3 is 10.1 Å². The summed E-state index contributed by atoms with van der Waals surface area (Å²) in [5.74, 6) is -0.258. The van der Waals surface area contributed by atoms with E-state index in [1.807, 2.05) is 0 Å². The second kappa shape index (κ2) is 6.00. The molecule has 1 heterocycles. The highest BCUT2D eigenvalue weighted by Gasteiger charge is 2.23. The molecule has 1 N–H and O–H groups in total. The van der Waals surface area contributed by atoms with Crippen LogP contribution in [0.3, 0.4) is 0 Å². The van der Waals surface area contributed by atoms with Crippen molar-refractivity contribution in [2.75, 3.05) is 13.1 Å². The zero-order valence-electron chi connectivity index (χ0n) is 10.5. The molecule has 0 aliphatic carbocycles. The highest BCUT2D eigenvalue weighted by molar-refractivity contribution is 9.10. The summed E-state index contributed by atoms with van der Waals surface area (Å²) in [4.78, 5) is 24.2. The van der Waals surface area contributed by atoms with Crippen LogP contribution in [0.1, 0.15) is 23.2 Å². The number of likely N-dealkylation sites (tertiary alicyclic amines) is 1. The topological polar surface area (TPSA) is 96.0 Å². The average Bonchev–Trinajstić information content (AvgIpc) is 2.46. The number of nitro groups is 1. The quantitative estimate of drug-likeness (QED) is 0.507. The lowest BCUT2D eigenvalue weighted by molar-refractivity contribution is -0.385. The standard InChI is InChI=1S/C12H12BrN3O4/c13-9-5-8(6-11(7-9)16(19)20)12(17)15-3-1-10(14-18)2-4-15/h5-7,18H,1-4H2. The summed E-state index contributed by atoms with van der Waals surface area (Å²) in [6.07, 6.45) is 1.02. The molecule has 2 rings (SSSR count). The fourth-order valence-electron chi connectivity index (χ4n) is 2.05. The van der Waals surface area contributed by atoms with Gasteiger partial charge in [0.25, 0.3) is 11.6 Å². The van der Waals surface area contributed by atoms with Crippen LogP contribution in [0.5, 0.6) is 0 Å². The summed E-state index contributed by atoms with van der Waals surface area (Å²) in [6, 6.07) is 4.18. The van der Waals surface area contributed by atoms with Crippen LogP contribution in [-0.2, 0) is 0 Å². The summed E-state index contributed by atoms with van der Waals surface area (Å²) in [5.41, 5.74) is 0.807. The number of amides is 1. The van der Waals surface area contributed by atoms with Crippen LogP contribution in [0.4, 0.5) is 5.69 Å². The molecule has 1 amide bonds. The molecule has 0 saturated carbocycles. The van der Waals surface area contributed by atoms with Crippen molar-refractivity contribution in [3.8, 4) is 0 Å². The van der Waals surface area contributed by atoms with Crippen molar-refractivity contribution in [2.45, 2.75) is 12.8 Å². The lowest BCUT2D eigenvalue weighted by Crippen LogP contribution is -2.38. The van der Waals surface area contributed by atoms with E-state index in [4.69, 9.17) is 5.21 Å². The maximum Gasteiger partial charge on any atom is 0.271 e. The number of oxime groups is 1. The molecular weight excluding hydrogens is 330 g/mol. The van der Waals surface area contributed by atoms with Crippen LogP contribution < -0.4 is 0 Å². The van der Waals surface area contributed by atoms with E-state index in [1.165, 1.54) is 12.1 Å². The van der Waals surface area contributed by atoms with Gasteiger partial charge in [0.15, 0.2) is 0 Å². The van der Waals surface area contributed by atoms with Crippen LogP contribution in [0.25, 0.3) is 0 Å². The maximum atomic E-state index is 12.3. The van der Waals surface area contributed by atoms with Crippen molar-refractivity contribution in [3.63, 3.8) is 0 Å². The van der Waals surface area contributed by atoms with Gasteiger partial charge in [0.2, 0.25) is 0 Å². The number of nitrogens with zero attached hydrogens (tertiary/aromatic N) is 3. The Morgan fingerprint density at radius 3 is 2.55 bits per heavy atom. The van der Waals surface area contributed by atoms with Crippen LogP contribution in [0, 0.1) is 10.1 Å². The third-order valence-electron chi connectivity index (χ3n) is 3.11. The lowest BCUT2D eigenvalue weighted by atomic mass is 10.1. The molecule has 0 aromatic heterocycles. The molecule has 20 heavy (non-hydrogen) atoms. The Balaban J connectivity index is 2.19. The highest BCUT2D eigenvalue weighted by atomic mass is 79.9. The van der Waals surface area contributed by atoms with E-state index in [1.54, 1.807) is 11.0 Å². The molecule has 1 aromatic rings. The van der Waals surface area contributed by atoms with Gasteiger partial charge in [-0.3, -0.25) is 14.9 Å². The Labute approximate surface area is 123 Å². The Kier molecular flexibility index (Phi) is 4.33. The van der Waals surface area contributed by atoms with Gasteiger partial charge in [0.1, 0.15) is 0 Å². The average molecular weight is 342 g/mol. The minimum Gasteiger partial charge on any atom is -0.411 e. The molecule has 0 bridgehead atoms. The zero-order valence-corrected chi connectivity index (χ0v) is 12.0.